The van der Waals surface area contributed by atoms with E-state index in [-0.39, 0.29) is 30.4 Å². The molecule has 27 heavy (non-hydrogen) atoms. The fourth-order valence-corrected chi connectivity index (χ4v) is 3.94. The van der Waals surface area contributed by atoms with Crippen LogP contribution in [0.15, 0.2) is 47.1 Å². The molecule has 0 saturated heterocycles. The number of hydrogen-bond acceptors (Lipinski definition) is 8. The highest BCUT2D eigenvalue weighted by molar-refractivity contribution is 8.00. The molecule has 2 heterocycles. The van der Waals surface area contributed by atoms with Gasteiger partial charge in [0.15, 0.2) is 10.3 Å². The van der Waals surface area contributed by atoms with Crippen LogP contribution < -0.4 is 0 Å². The quantitative estimate of drug-likeness (QED) is 0.603. The lowest BCUT2D eigenvalue weighted by molar-refractivity contribution is -0.140. The lowest BCUT2D eigenvalue weighted by atomic mass is 10.1. The summed E-state index contributed by atoms with van der Waals surface area (Å²) in [5.41, 5.74) is 1.39. The van der Waals surface area contributed by atoms with Crippen molar-refractivity contribution in [1.29, 1.82) is 5.39 Å². The van der Waals surface area contributed by atoms with Crippen LogP contribution in [0, 0.1) is 11.2 Å². The molecule has 10 heteroatoms. The van der Waals surface area contributed by atoms with E-state index >= 15 is 0 Å². The molecule has 0 amide bonds. The van der Waals surface area contributed by atoms with Crippen LogP contribution in [0.25, 0.3) is 4.98 Å². The number of carbonyl (C=O) groups excluding carboxylic acids is 2. The Bertz CT molecular complexity index is 891. The van der Waals surface area contributed by atoms with Gasteiger partial charge in [-0.1, -0.05) is 0 Å². The van der Waals surface area contributed by atoms with Crippen LogP contribution in [-0.2, 0) is 14.3 Å². The van der Waals surface area contributed by atoms with Crippen LogP contribution in [0.4, 0.5) is 4.39 Å². The molecule has 0 radical (unpaired) electrons. The molecule has 0 unspecified atom stereocenters. The number of carbonyl (C=O) groups is 2. The topological polar surface area (TPSA) is 104 Å². The zero-order valence-electron chi connectivity index (χ0n) is 14.2. The second kappa shape index (κ2) is 7.67. The summed E-state index contributed by atoms with van der Waals surface area (Å²) in [4.78, 5) is 27.8. The summed E-state index contributed by atoms with van der Waals surface area (Å²) in [5, 5.41) is 18.7. The van der Waals surface area contributed by atoms with E-state index in [9.17, 15) is 19.1 Å². The van der Waals surface area contributed by atoms with E-state index in [1.165, 1.54) is 35.7 Å². The number of nitrogens with zero attached hydrogens (tertiary/aromatic N) is 3. The molecule has 0 aliphatic carbocycles. The third-order valence-corrected chi connectivity index (χ3v) is 5.28. The first-order valence-electron chi connectivity index (χ1n) is 7.88. The number of thioether (sulfide) groups is 1. The molecular weight excluding hydrogens is 377 g/mol. The second-order valence-corrected chi connectivity index (χ2v) is 6.82. The fourth-order valence-electron chi connectivity index (χ4n) is 2.64. The molecule has 0 bridgehead atoms. The third-order valence-electron chi connectivity index (χ3n) is 4.02. The zero-order valence-corrected chi connectivity index (χ0v) is 15.0. The summed E-state index contributed by atoms with van der Waals surface area (Å²) in [6, 6.07) is 4.90. The highest BCUT2D eigenvalue weighted by Gasteiger charge is 2.53. The molecule has 2 aliphatic rings. The standard InChI is InChI=1S/C17H14FN3O5S/c1-9(22)25-6-11-8-27-16-14(20-19)15(23)21(16)13(11)7-26-17(24)10-2-4-12(18)5-3-10/h2-5,16H,6-8H2,1H3/p+1/t16-/m1/s1. The van der Waals surface area contributed by atoms with Gasteiger partial charge < -0.3 is 14.6 Å². The number of fused-ring (bicyclic) bond motifs is 1. The number of ether oxygens (including phenoxy) is 2. The Kier molecular flexibility index (Phi) is 5.32. The summed E-state index contributed by atoms with van der Waals surface area (Å²) in [5.74, 6) is -1.43. The van der Waals surface area contributed by atoms with Gasteiger partial charge in [-0.05, 0) is 24.3 Å². The summed E-state index contributed by atoms with van der Waals surface area (Å²) in [6.45, 7) is 1.05. The van der Waals surface area contributed by atoms with Crippen molar-refractivity contribution in [3.05, 3.63) is 63.5 Å². The van der Waals surface area contributed by atoms with Gasteiger partial charge in [0, 0.05) is 18.2 Å². The number of diazo groups is 1. The maximum Gasteiger partial charge on any atom is 0.453 e. The third kappa shape index (κ3) is 3.73. The van der Waals surface area contributed by atoms with Gasteiger partial charge in [-0.15, -0.1) is 11.8 Å². The number of aliphatic hydroxyl groups excluding tert-OH is 1. The Morgan fingerprint density at radius 1 is 1.33 bits per heavy atom. The van der Waals surface area contributed by atoms with Crippen LogP contribution in [-0.4, -0.2) is 46.3 Å². The van der Waals surface area contributed by atoms with Crippen LogP contribution >= 0.6 is 11.8 Å². The van der Waals surface area contributed by atoms with Gasteiger partial charge >= 0.3 is 17.6 Å². The number of benzene rings is 1. The van der Waals surface area contributed by atoms with Gasteiger partial charge in [0.1, 0.15) is 19.0 Å². The minimum absolute atomic E-state index is 0.0200. The first-order valence-corrected chi connectivity index (χ1v) is 8.93. The molecule has 1 aromatic carbocycles. The Labute approximate surface area is 157 Å². The lowest BCUT2D eigenvalue weighted by Crippen LogP contribution is -2.47. The molecule has 0 spiro atoms. The molecule has 8 nitrogen and oxygen atoms in total. The summed E-state index contributed by atoms with van der Waals surface area (Å²) < 4.78 is 23.3. The average Bonchev–Trinajstić information content (AvgIpc) is 2.65. The maximum absolute atomic E-state index is 13.0. The number of halogens is 1. The Morgan fingerprint density at radius 2 is 2.04 bits per heavy atom. The van der Waals surface area contributed by atoms with Gasteiger partial charge in [-0.25, -0.2) is 9.18 Å². The van der Waals surface area contributed by atoms with E-state index in [0.717, 1.165) is 12.1 Å². The van der Waals surface area contributed by atoms with Gasteiger partial charge in [-0.3, -0.25) is 9.69 Å². The molecule has 1 atom stereocenters. The number of esters is 2. The van der Waals surface area contributed by atoms with E-state index in [0.29, 0.717) is 17.0 Å². The number of rotatable bonds is 5. The molecular formula is C17H15FN3O5S+. The van der Waals surface area contributed by atoms with Crippen molar-refractivity contribution in [2.75, 3.05) is 19.0 Å². The van der Waals surface area contributed by atoms with Gasteiger partial charge in [0.05, 0.1) is 11.3 Å². The van der Waals surface area contributed by atoms with E-state index < -0.39 is 23.1 Å². The summed E-state index contributed by atoms with van der Waals surface area (Å²) in [6.07, 6.45) is 0. The predicted octanol–water partition coefficient (Wildman–Crippen LogP) is 2.77. The fraction of sp³-hybridized carbons (Fsp3) is 0.294. The van der Waals surface area contributed by atoms with Gasteiger partial charge in [0.25, 0.3) is 5.88 Å². The van der Waals surface area contributed by atoms with Crippen LogP contribution in [0.3, 0.4) is 0 Å². The van der Waals surface area contributed by atoms with Crippen molar-refractivity contribution in [2.24, 2.45) is 0 Å². The van der Waals surface area contributed by atoms with Crippen molar-refractivity contribution in [3.63, 3.8) is 0 Å². The summed E-state index contributed by atoms with van der Waals surface area (Å²) >= 11 is 1.37. The Balaban J connectivity index is 1.79. The number of hydrogen-bond donors (Lipinski definition) is 1. The normalized spacial score (nSPS) is 18.4. The molecule has 0 saturated carbocycles. The molecule has 140 valence electrons. The molecule has 0 aromatic heterocycles. The van der Waals surface area contributed by atoms with Gasteiger partial charge in [-0.2, -0.15) is 0 Å². The van der Waals surface area contributed by atoms with Crippen LogP contribution in [0.2, 0.25) is 0 Å². The van der Waals surface area contributed by atoms with E-state index in [1.807, 2.05) is 0 Å². The van der Waals surface area contributed by atoms with E-state index in [2.05, 4.69) is 4.98 Å². The molecule has 0 fully saturated rings. The second-order valence-electron chi connectivity index (χ2n) is 5.76. The predicted molar refractivity (Wildman–Crippen MR) is 93.2 cm³/mol. The van der Waals surface area contributed by atoms with E-state index in [1.54, 1.807) is 0 Å². The van der Waals surface area contributed by atoms with Crippen molar-refractivity contribution < 1.29 is 28.6 Å². The van der Waals surface area contributed by atoms with Gasteiger partial charge in [0.2, 0.25) is 5.39 Å². The smallest absolute Gasteiger partial charge is 0.453 e. The van der Waals surface area contributed by atoms with Crippen molar-refractivity contribution in [1.82, 2.24) is 4.90 Å². The Morgan fingerprint density at radius 3 is 2.67 bits per heavy atom. The first kappa shape index (κ1) is 18.7. The lowest BCUT2D eigenvalue weighted by Gasteiger charge is -2.40. The molecule has 2 aliphatic heterocycles. The Hall–Kier alpha value is -3.06. The number of aliphatic hydroxyl groups is 1. The first-order chi connectivity index (χ1) is 12.9. The average molecular weight is 392 g/mol. The highest BCUT2D eigenvalue weighted by atomic mass is 32.2. The van der Waals surface area contributed by atoms with Crippen molar-refractivity contribution >= 4 is 23.7 Å². The van der Waals surface area contributed by atoms with Crippen molar-refractivity contribution in [3.8, 4) is 0 Å². The molecule has 1 aromatic rings. The minimum atomic E-state index is -0.667. The van der Waals surface area contributed by atoms with E-state index in [4.69, 9.17) is 14.9 Å². The monoisotopic (exact) mass is 392 g/mol. The summed E-state index contributed by atoms with van der Waals surface area (Å²) in [7, 11) is 0. The van der Waals surface area contributed by atoms with Crippen LogP contribution in [0.5, 0.6) is 0 Å². The highest BCUT2D eigenvalue weighted by Crippen LogP contribution is 2.45. The molecule has 1 N–H and O–H groups in total. The SMILES string of the molecule is CC(=O)OCC1=C(COC(=O)c2ccc(F)cc2)N2C(O)=C([N+]#N)[C@H]2SC1. The minimum Gasteiger partial charge on any atom is -0.489 e. The maximum atomic E-state index is 13.0. The van der Waals surface area contributed by atoms with Crippen molar-refractivity contribution in [2.45, 2.75) is 12.3 Å². The van der Waals surface area contributed by atoms with Crippen LogP contribution in [0.1, 0.15) is 17.3 Å². The largest absolute Gasteiger partial charge is 0.489 e. The molecule has 3 rings (SSSR count). The zero-order chi connectivity index (χ0) is 19.6.